The van der Waals surface area contributed by atoms with Crippen molar-refractivity contribution in [1.82, 2.24) is 0 Å². The number of hydrogen-bond donors (Lipinski definition) is 1. The zero-order valence-electron chi connectivity index (χ0n) is 29.3. The molecule has 0 amide bonds. The molecule has 0 bridgehead atoms. The first kappa shape index (κ1) is 31.9. The molecule has 0 saturated carbocycles. The maximum Gasteiger partial charge on any atom is 0.178 e. The van der Waals surface area contributed by atoms with Crippen LogP contribution in [0.4, 0.5) is 0 Å². The number of para-hydroxylation sites is 2. The van der Waals surface area contributed by atoms with Crippen LogP contribution in [0.25, 0.3) is 28.0 Å². The van der Waals surface area contributed by atoms with Gasteiger partial charge in [-0.05, 0) is 83.6 Å². The first-order valence-electron chi connectivity index (χ1n) is 17.7. The highest BCUT2D eigenvalue weighted by Gasteiger charge is 2.51. The number of rotatable bonds is 6. The smallest absolute Gasteiger partial charge is 0.178 e. The minimum atomic E-state index is -1.20. The van der Waals surface area contributed by atoms with E-state index in [0.717, 1.165) is 78.5 Å². The van der Waals surface area contributed by atoms with Gasteiger partial charge in [-0.15, -0.1) is 0 Å². The van der Waals surface area contributed by atoms with Crippen molar-refractivity contribution >= 4 is 16.8 Å². The molecule has 4 heteroatoms. The second kappa shape index (κ2) is 12.0. The molecule has 1 N–H and O–H groups in total. The summed E-state index contributed by atoms with van der Waals surface area (Å²) in [5, 5.41) is 14.7. The summed E-state index contributed by atoms with van der Waals surface area (Å²) in [6.45, 7) is 6.21. The van der Waals surface area contributed by atoms with Gasteiger partial charge in [0, 0.05) is 33.1 Å². The van der Waals surface area contributed by atoms with Crippen molar-refractivity contribution in [3.05, 3.63) is 192 Å². The van der Waals surface area contributed by atoms with Crippen molar-refractivity contribution in [3.8, 4) is 39.9 Å². The zero-order valence-corrected chi connectivity index (χ0v) is 29.3. The van der Waals surface area contributed by atoms with Crippen LogP contribution < -0.4 is 14.2 Å². The van der Waals surface area contributed by atoms with E-state index in [-0.39, 0.29) is 0 Å². The molecule has 0 aromatic heterocycles. The monoisotopic (exact) mass is 678 g/mol. The van der Waals surface area contributed by atoms with Crippen LogP contribution in [0.1, 0.15) is 48.6 Å². The Balaban J connectivity index is 1.23. The summed E-state index contributed by atoms with van der Waals surface area (Å²) >= 11 is 0. The quantitative estimate of drug-likeness (QED) is 0.190. The lowest BCUT2D eigenvalue weighted by molar-refractivity contribution is -0.0156. The van der Waals surface area contributed by atoms with Crippen molar-refractivity contribution in [3.63, 3.8) is 0 Å². The second-order valence-corrected chi connectivity index (χ2v) is 14.3. The van der Waals surface area contributed by atoms with E-state index in [1.165, 1.54) is 0 Å². The van der Waals surface area contributed by atoms with E-state index in [0.29, 0.717) is 0 Å². The Kier molecular flexibility index (Phi) is 7.35. The predicted molar refractivity (Wildman–Crippen MR) is 208 cm³/mol. The molecule has 4 nitrogen and oxygen atoms in total. The van der Waals surface area contributed by atoms with Gasteiger partial charge < -0.3 is 19.3 Å². The van der Waals surface area contributed by atoms with Gasteiger partial charge in [0.25, 0.3) is 0 Å². The largest absolute Gasteiger partial charge is 0.472 e. The SMILES string of the molecule is CC1(C)c2ccccc2-c2c(c3c(c4ccccc24)OC(c2ccc(Oc4ccccc4)cc2)(c2ccc(Oc4ccccc4)cc2)C=C3)C1(C)O. The average molecular weight is 679 g/mol. The van der Waals surface area contributed by atoms with E-state index >= 15 is 0 Å². The highest BCUT2D eigenvalue weighted by Crippen LogP contribution is 2.59. The molecule has 254 valence electrons. The van der Waals surface area contributed by atoms with Gasteiger partial charge in [-0.2, -0.15) is 0 Å². The first-order valence-corrected chi connectivity index (χ1v) is 17.7. The molecule has 1 aliphatic carbocycles. The Bertz CT molecular complexity index is 2380. The molecule has 0 radical (unpaired) electrons. The van der Waals surface area contributed by atoms with Gasteiger partial charge in [0.2, 0.25) is 0 Å². The summed E-state index contributed by atoms with van der Waals surface area (Å²) in [6, 6.07) is 52.6. The van der Waals surface area contributed by atoms with E-state index in [1.54, 1.807) is 0 Å². The van der Waals surface area contributed by atoms with E-state index in [1.807, 2.05) is 91.9 Å². The third-order valence-electron chi connectivity index (χ3n) is 11.1. The molecule has 1 heterocycles. The number of fused-ring (bicyclic) bond motifs is 8. The van der Waals surface area contributed by atoms with Crippen LogP contribution in [-0.2, 0) is 16.6 Å². The van der Waals surface area contributed by atoms with Crippen LogP contribution >= 0.6 is 0 Å². The van der Waals surface area contributed by atoms with Crippen molar-refractivity contribution in [2.75, 3.05) is 0 Å². The van der Waals surface area contributed by atoms with E-state index in [9.17, 15) is 5.11 Å². The first-order chi connectivity index (χ1) is 25.3. The van der Waals surface area contributed by atoms with Crippen LogP contribution in [0.15, 0.2) is 164 Å². The van der Waals surface area contributed by atoms with Gasteiger partial charge in [-0.3, -0.25) is 0 Å². The van der Waals surface area contributed by atoms with Crippen LogP contribution in [0.3, 0.4) is 0 Å². The Morgan fingerprint density at radius 1 is 0.519 bits per heavy atom. The van der Waals surface area contributed by atoms with E-state index < -0.39 is 16.6 Å². The number of benzene rings is 7. The van der Waals surface area contributed by atoms with Crippen molar-refractivity contribution in [1.29, 1.82) is 0 Å². The van der Waals surface area contributed by atoms with Crippen molar-refractivity contribution in [2.24, 2.45) is 0 Å². The van der Waals surface area contributed by atoms with Gasteiger partial charge in [0.05, 0.1) is 5.60 Å². The Morgan fingerprint density at radius 3 is 1.58 bits per heavy atom. The maximum absolute atomic E-state index is 12.7. The second-order valence-electron chi connectivity index (χ2n) is 14.3. The molecule has 52 heavy (non-hydrogen) atoms. The summed E-state index contributed by atoms with van der Waals surface area (Å²) in [6.07, 6.45) is 4.29. The molecule has 1 aliphatic heterocycles. The zero-order chi connectivity index (χ0) is 35.5. The molecule has 7 aromatic carbocycles. The maximum atomic E-state index is 12.7. The fourth-order valence-electron chi connectivity index (χ4n) is 7.97. The molecule has 0 saturated heterocycles. The fraction of sp³-hybridized carbons (Fsp3) is 0.125. The molecule has 9 rings (SSSR count). The van der Waals surface area contributed by atoms with E-state index in [4.69, 9.17) is 14.2 Å². The lowest BCUT2D eigenvalue weighted by Gasteiger charge is -2.49. The average Bonchev–Trinajstić information content (AvgIpc) is 3.18. The minimum Gasteiger partial charge on any atom is -0.472 e. The number of ether oxygens (including phenoxy) is 3. The third-order valence-corrected chi connectivity index (χ3v) is 11.1. The molecule has 1 atom stereocenters. The van der Waals surface area contributed by atoms with Gasteiger partial charge in [-0.25, -0.2) is 0 Å². The van der Waals surface area contributed by atoms with Crippen molar-refractivity contribution < 1.29 is 19.3 Å². The molecule has 2 aliphatic rings. The normalized spacial score (nSPS) is 17.7. The highest BCUT2D eigenvalue weighted by molar-refractivity contribution is 6.07. The van der Waals surface area contributed by atoms with Gasteiger partial charge in [-0.1, -0.05) is 129 Å². The number of aliphatic hydroxyl groups is 1. The fourth-order valence-corrected chi connectivity index (χ4v) is 7.97. The molecule has 0 fully saturated rings. The Morgan fingerprint density at radius 2 is 1.00 bits per heavy atom. The minimum absolute atomic E-state index is 0.571. The molecule has 7 aromatic rings. The van der Waals surface area contributed by atoms with Crippen LogP contribution in [0.5, 0.6) is 28.7 Å². The summed E-state index contributed by atoms with van der Waals surface area (Å²) in [5.74, 6) is 3.74. The van der Waals surface area contributed by atoms with Crippen LogP contribution in [0.2, 0.25) is 0 Å². The standard InChI is InChI=1S/C48H38O4/c1-46(2)42-21-13-12-20-40(42)43-38-18-10-11-19-39(38)45-41(44(43)47(46,3)49)30-31-48(52-45,32-22-26-36(27-23-32)50-34-14-6-4-7-15-34)33-24-28-37(29-25-33)51-35-16-8-5-9-17-35/h4-31,49H,1-3H3. The van der Waals surface area contributed by atoms with E-state index in [2.05, 4.69) is 98.8 Å². The summed E-state index contributed by atoms with van der Waals surface area (Å²) in [5.41, 5.74) is 4.19. The highest BCUT2D eigenvalue weighted by atomic mass is 16.5. The predicted octanol–water partition coefficient (Wildman–Crippen LogP) is 11.9. The summed E-state index contributed by atoms with van der Waals surface area (Å²) in [7, 11) is 0. The Hall–Kier alpha value is -6.10. The summed E-state index contributed by atoms with van der Waals surface area (Å²) in [4.78, 5) is 0. The van der Waals surface area contributed by atoms with Gasteiger partial charge >= 0.3 is 0 Å². The molecule has 0 spiro atoms. The molecular formula is C48H38O4. The van der Waals surface area contributed by atoms with Crippen molar-refractivity contribution in [2.45, 2.75) is 37.4 Å². The Labute approximate surface area is 304 Å². The van der Waals surface area contributed by atoms with Gasteiger partial charge in [0.15, 0.2) is 5.60 Å². The lowest BCUT2D eigenvalue weighted by atomic mass is 9.59. The third kappa shape index (κ3) is 4.94. The van der Waals surface area contributed by atoms with Gasteiger partial charge in [0.1, 0.15) is 28.7 Å². The topological polar surface area (TPSA) is 47.9 Å². The number of hydrogen-bond acceptors (Lipinski definition) is 4. The molecular weight excluding hydrogens is 641 g/mol. The molecule has 1 unspecified atom stereocenters. The van der Waals surface area contributed by atoms with Crippen LogP contribution in [0, 0.1) is 0 Å². The van der Waals surface area contributed by atoms with Crippen LogP contribution in [-0.4, -0.2) is 5.11 Å². The lowest BCUT2D eigenvalue weighted by Crippen LogP contribution is -2.46. The summed E-state index contributed by atoms with van der Waals surface area (Å²) < 4.78 is 19.8.